The molecule has 434 valence electrons. The van der Waals surface area contributed by atoms with E-state index in [9.17, 15) is 28.8 Å². The number of ketones is 2. The van der Waals surface area contributed by atoms with Crippen LogP contribution in [-0.2, 0) is 69.0 Å². The molecule has 23 heteroatoms. The predicted molar refractivity (Wildman–Crippen MR) is 297 cm³/mol. The number of aromatic nitrogens is 4. The normalized spacial score (nSPS) is 13.1. The Labute approximate surface area is 463 Å². The maximum atomic E-state index is 13.9. The molecule has 0 radical (unpaired) electrons. The molecular formula is C56H83N11O12. The van der Waals surface area contributed by atoms with Crippen LogP contribution >= 0.6 is 0 Å². The predicted octanol–water partition coefficient (Wildman–Crippen LogP) is 5.24. The van der Waals surface area contributed by atoms with Crippen molar-refractivity contribution in [2.24, 2.45) is 17.6 Å². The van der Waals surface area contributed by atoms with E-state index in [0.717, 1.165) is 55.3 Å². The van der Waals surface area contributed by atoms with Gasteiger partial charge in [-0.1, -0.05) is 63.6 Å². The van der Waals surface area contributed by atoms with E-state index in [1.807, 2.05) is 38.2 Å². The Bertz CT molecular complexity index is 2560. The van der Waals surface area contributed by atoms with Gasteiger partial charge in [0.15, 0.2) is 17.1 Å². The van der Waals surface area contributed by atoms with Crippen LogP contribution in [0.5, 0.6) is 5.75 Å². The fourth-order valence-corrected chi connectivity index (χ4v) is 8.64. The van der Waals surface area contributed by atoms with E-state index in [2.05, 4.69) is 38.2 Å². The molecule has 8 N–H and O–H groups in total. The lowest BCUT2D eigenvalue weighted by molar-refractivity contribution is -0.134. The van der Waals surface area contributed by atoms with Gasteiger partial charge in [0.2, 0.25) is 17.8 Å². The van der Waals surface area contributed by atoms with Gasteiger partial charge in [0.25, 0.3) is 0 Å². The van der Waals surface area contributed by atoms with E-state index in [-0.39, 0.29) is 87.4 Å². The van der Waals surface area contributed by atoms with Crippen LogP contribution in [0, 0.1) is 11.8 Å². The van der Waals surface area contributed by atoms with Gasteiger partial charge in [-0.15, -0.1) is 0 Å². The molecule has 23 nitrogen and oxygen atoms in total. The highest BCUT2D eigenvalue weighted by molar-refractivity contribution is 5.93. The van der Waals surface area contributed by atoms with Gasteiger partial charge in [-0.25, -0.2) is 14.6 Å². The monoisotopic (exact) mass is 1100 g/mol. The quantitative estimate of drug-likeness (QED) is 0.0311. The van der Waals surface area contributed by atoms with E-state index >= 15 is 0 Å². The summed E-state index contributed by atoms with van der Waals surface area (Å²) in [6.07, 6.45) is 6.87. The second-order valence-corrected chi connectivity index (χ2v) is 19.9. The number of carbonyl (C=O) groups excluding carboxylic acids is 6. The zero-order valence-corrected chi connectivity index (χ0v) is 46.7. The first-order valence-electron chi connectivity index (χ1n) is 27.5. The summed E-state index contributed by atoms with van der Waals surface area (Å²) < 4.78 is 35.4. The van der Waals surface area contributed by atoms with Crippen molar-refractivity contribution in [2.75, 3.05) is 90.6 Å². The number of hydrogen-bond donors (Lipinski definition) is 6. The summed E-state index contributed by atoms with van der Waals surface area (Å²) >= 11 is 0. The molecule has 5 rings (SSSR count). The number of hydrogen-bond acceptors (Lipinski definition) is 17. The zero-order valence-electron chi connectivity index (χ0n) is 46.7. The number of unbranched alkanes of at least 4 members (excludes halogenated alkanes) is 1. The Hall–Kier alpha value is -6.95. The van der Waals surface area contributed by atoms with Gasteiger partial charge >= 0.3 is 12.1 Å². The minimum absolute atomic E-state index is 0.00245. The van der Waals surface area contributed by atoms with E-state index in [0.29, 0.717) is 93.9 Å². The summed E-state index contributed by atoms with van der Waals surface area (Å²) in [5.74, 6) is -0.371. The average molecular weight is 1100 g/mol. The molecule has 0 aliphatic heterocycles. The number of anilines is 2. The van der Waals surface area contributed by atoms with Crippen molar-refractivity contribution >= 4 is 58.3 Å². The number of urea groups is 1. The van der Waals surface area contributed by atoms with Crippen LogP contribution in [0.3, 0.4) is 0 Å². The van der Waals surface area contributed by atoms with Crippen LogP contribution in [0.25, 0.3) is 11.0 Å². The first-order valence-corrected chi connectivity index (χ1v) is 27.5. The summed E-state index contributed by atoms with van der Waals surface area (Å²) in [6, 6.07) is 11.5. The van der Waals surface area contributed by atoms with Gasteiger partial charge < -0.3 is 66.1 Å². The third-order valence-corrected chi connectivity index (χ3v) is 13.3. The lowest BCUT2D eigenvalue weighted by Gasteiger charge is -2.37. The number of fused-ring (bicyclic) bond motifs is 1. The minimum Gasteiger partial charge on any atom is -0.496 e. The van der Waals surface area contributed by atoms with E-state index in [1.54, 1.807) is 41.0 Å². The fraction of sp³-hybridized carbons (Fsp3) is 0.589. The van der Waals surface area contributed by atoms with Crippen molar-refractivity contribution < 1.29 is 57.2 Å². The van der Waals surface area contributed by atoms with Crippen LogP contribution in [0.4, 0.5) is 21.4 Å². The molecule has 2 heterocycles. The van der Waals surface area contributed by atoms with Gasteiger partial charge in [-0.2, -0.15) is 10.1 Å². The van der Waals surface area contributed by atoms with Gasteiger partial charge in [-0.05, 0) is 67.2 Å². The largest absolute Gasteiger partial charge is 0.496 e. The second kappa shape index (κ2) is 34.1. The molecule has 79 heavy (non-hydrogen) atoms. The number of nitrogens with one attached hydrogen (secondary N) is 4. The molecule has 1 fully saturated rings. The van der Waals surface area contributed by atoms with Gasteiger partial charge in [0.1, 0.15) is 23.7 Å². The van der Waals surface area contributed by atoms with E-state index in [1.165, 1.54) is 6.92 Å². The molecular weight excluding hydrogens is 1020 g/mol. The van der Waals surface area contributed by atoms with E-state index < -0.39 is 30.0 Å². The summed E-state index contributed by atoms with van der Waals surface area (Å²) in [5.41, 5.74) is 15.7. The van der Waals surface area contributed by atoms with Crippen LogP contribution < -0.4 is 37.5 Å². The molecule has 0 bridgehead atoms. The first-order chi connectivity index (χ1) is 38.1. The lowest BCUT2D eigenvalue weighted by atomic mass is 9.88. The smallest absolute Gasteiger partial charge is 0.410 e. The summed E-state index contributed by atoms with van der Waals surface area (Å²) in [4.78, 5) is 87.2. The van der Waals surface area contributed by atoms with Gasteiger partial charge in [0.05, 0.1) is 78.7 Å². The third-order valence-electron chi connectivity index (χ3n) is 13.3. The molecule has 5 amide bonds. The molecule has 1 saturated carbocycles. The molecule has 2 atom stereocenters. The zero-order chi connectivity index (χ0) is 56.9. The Balaban J connectivity index is 1.08. The highest BCUT2D eigenvalue weighted by atomic mass is 16.6. The Morgan fingerprint density at radius 3 is 2.13 bits per heavy atom. The maximum absolute atomic E-state index is 13.9. The van der Waals surface area contributed by atoms with Crippen LogP contribution in [0.2, 0.25) is 0 Å². The van der Waals surface area contributed by atoms with Gasteiger partial charge in [0, 0.05) is 69.9 Å². The van der Waals surface area contributed by atoms with Crippen molar-refractivity contribution in [2.45, 2.75) is 124 Å². The number of amides is 5. The molecule has 0 saturated heterocycles. The molecule has 0 spiro atoms. The van der Waals surface area contributed by atoms with Crippen LogP contribution in [0.15, 0.2) is 48.7 Å². The Kier molecular flexibility index (Phi) is 27.2. The molecule has 0 unspecified atom stereocenters. The molecule has 2 aromatic heterocycles. The standard InChI is InChI=1S/C56H83N11O12/c1-6-7-20-60-52-51-48(63-54(57)64-52)36-66(65-51)35-43-18-17-42(32-50(43)74-5)34-67(44-10-8-11-44)56(73)79-37-41-15-13-40(14-16-41)31-49(70)47(12-9-21-61-55(58)72)62-53(71)46(38(2)3)33-45(69)19-23-75-25-27-77-29-30-78-28-26-76-24-22-59-39(4)68/h13-18,32,36,38,44,46-47H,6-12,19-31,33-35,37H2,1-5H3,(H,59,68)(H,62,71)(H3,58,61,72)(H3,57,60,63,64)/t46-,47-/m0/s1. The van der Waals surface area contributed by atoms with Crippen molar-refractivity contribution in [3.63, 3.8) is 0 Å². The minimum atomic E-state index is -0.894. The molecule has 2 aromatic carbocycles. The van der Waals surface area contributed by atoms with Crippen molar-refractivity contribution in [1.82, 2.24) is 40.6 Å². The summed E-state index contributed by atoms with van der Waals surface area (Å²) in [6.45, 7) is 12.2. The summed E-state index contributed by atoms with van der Waals surface area (Å²) in [5, 5.41) is 16.2. The Morgan fingerprint density at radius 1 is 0.823 bits per heavy atom. The highest BCUT2D eigenvalue weighted by Gasteiger charge is 2.31. The molecule has 1 aliphatic rings. The highest BCUT2D eigenvalue weighted by Crippen LogP contribution is 2.30. The Morgan fingerprint density at radius 2 is 1.49 bits per heavy atom. The van der Waals surface area contributed by atoms with Crippen LogP contribution in [0.1, 0.15) is 108 Å². The average Bonchev–Trinajstić information content (AvgIpc) is 3.88. The number of methoxy groups -OCH3 is 1. The fourth-order valence-electron chi connectivity index (χ4n) is 8.64. The molecule has 4 aromatic rings. The number of nitrogens with two attached hydrogens (primary N) is 2. The van der Waals surface area contributed by atoms with E-state index in [4.69, 9.17) is 45.0 Å². The summed E-state index contributed by atoms with van der Waals surface area (Å²) in [7, 11) is 1.61. The molecule has 1 aliphatic carbocycles. The lowest BCUT2D eigenvalue weighted by Crippen LogP contribution is -2.46. The number of primary amides is 1. The topological polar surface area (TPSA) is 305 Å². The number of Topliss-reactive ketones (excluding diaryl/α,β-unsaturated/α-hetero) is 2. The first kappa shape index (κ1) is 62.9. The van der Waals surface area contributed by atoms with Crippen molar-refractivity contribution in [3.05, 3.63) is 70.9 Å². The number of rotatable bonds is 39. The SMILES string of the molecule is CCCCNc1nc(N)nc2cn(Cc3ccc(CN(C(=O)OCc4ccc(CC(=O)[C@H](CCCNC(N)=O)NC(=O)[C@@H](CC(=O)CCOCCOCCOCCOCCNC(C)=O)C(C)C)cc4)C4CCC4)cc3OC)nc12. The number of ether oxygens (including phenoxy) is 6. The third kappa shape index (κ3) is 22.4. The number of nitrogens with zero attached hydrogens (tertiary/aromatic N) is 5. The maximum Gasteiger partial charge on any atom is 0.410 e. The second-order valence-electron chi connectivity index (χ2n) is 19.9. The van der Waals surface area contributed by atoms with Crippen LogP contribution in [-0.4, -0.2) is 152 Å². The number of carbonyl (C=O) groups is 6. The van der Waals surface area contributed by atoms with Crippen molar-refractivity contribution in [3.8, 4) is 5.75 Å². The number of nitrogen functional groups attached to an aromatic ring is 1. The number of benzene rings is 2. The van der Waals surface area contributed by atoms with Gasteiger partial charge in [-0.3, -0.25) is 23.9 Å². The van der Waals surface area contributed by atoms with Crippen molar-refractivity contribution in [1.29, 1.82) is 0 Å².